The lowest BCUT2D eigenvalue weighted by atomic mass is 10.0. The van der Waals surface area contributed by atoms with Gasteiger partial charge in [0.2, 0.25) is 0 Å². The molecule has 0 bridgehead atoms. The van der Waals surface area contributed by atoms with Crippen LogP contribution in [0.15, 0.2) is 18.2 Å². The number of halogens is 1. The van der Waals surface area contributed by atoms with Gasteiger partial charge >= 0.3 is 0 Å². The average molecular weight is 198 g/mol. The van der Waals surface area contributed by atoms with E-state index >= 15 is 0 Å². The van der Waals surface area contributed by atoms with Gasteiger partial charge in [0.1, 0.15) is 5.82 Å². The van der Waals surface area contributed by atoms with Gasteiger partial charge in [0, 0.05) is 12.1 Å². The summed E-state index contributed by atoms with van der Waals surface area (Å²) in [7, 11) is 0. The standard InChI is InChI=1S/C10H15FN2O/c11-8-2-1-7(10(13)6-8)5-9(14)3-4-12/h1-2,6,9,14H,3-5,12-13H2/t9-/m0/s1. The van der Waals surface area contributed by atoms with Crippen LogP contribution in [0.2, 0.25) is 0 Å². The number of aliphatic hydroxyl groups excluding tert-OH is 1. The first-order chi connectivity index (χ1) is 6.63. The molecule has 0 spiro atoms. The Morgan fingerprint density at radius 3 is 2.71 bits per heavy atom. The average Bonchev–Trinajstić information content (AvgIpc) is 2.10. The maximum Gasteiger partial charge on any atom is 0.125 e. The fourth-order valence-electron chi connectivity index (χ4n) is 1.30. The second-order valence-corrected chi connectivity index (χ2v) is 3.28. The molecule has 0 saturated heterocycles. The first-order valence-corrected chi connectivity index (χ1v) is 4.55. The van der Waals surface area contributed by atoms with Crippen LogP contribution in [0.4, 0.5) is 10.1 Å². The number of hydrogen-bond acceptors (Lipinski definition) is 3. The summed E-state index contributed by atoms with van der Waals surface area (Å²) in [5.41, 5.74) is 12.0. The fourth-order valence-corrected chi connectivity index (χ4v) is 1.30. The van der Waals surface area contributed by atoms with Gasteiger partial charge in [-0.25, -0.2) is 4.39 Å². The Morgan fingerprint density at radius 2 is 2.14 bits per heavy atom. The molecule has 0 heterocycles. The third-order valence-electron chi connectivity index (χ3n) is 2.06. The van der Waals surface area contributed by atoms with Crippen molar-refractivity contribution in [3.05, 3.63) is 29.6 Å². The predicted octanol–water partition coefficient (Wildman–Crippen LogP) is 0.660. The molecule has 0 aliphatic heterocycles. The molecule has 1 rings (SSSR count). The monoisotopic (exact) mass is 198 g/mol. The molecule has 0 unspecified atom stereocenters. The van der Waals surface area contributed by atoms with Crippen LogP contribution >= 0.6 is 0 Å². The summed E-state index contributed by atoms with van der Waals surface area (Å²) in [6, 6.07) is 4.18. The number of benzene rings is 1. The van der Waals surface area contributed by atoms with Gasteiger partial charge < -0.3 is 16.6 Å². The molecule has 14 heavy (non-hydrogen) atoms. The predicted molar refractivity (Wildman–Crippen MR) is 54.2 cm³/mol. The lowest BCUT2D eigenvalue weighted by Crippen LogP contribution is -2.16. The molecule has 4 heteroatoms. The van der Waals surface area contributed by atoms with Crippen molar-refractivity contribution in [2.45, 2.75) is 18.9 Å². The summed E-state index contributed by atoms with van der Waals surface area (Å²) in [5.74, 6) is -0.362. The van der Waals surface area contributed by atoms with Gasteiger partial charge in [0.15, 0.2) is 0 Å². The summed E-state index contributed by atoms with van der Waals surface area (Å²) < 4.78 is 12.7. The van der Waals surface area contributed by atoms with E-state index in [1.165, 1.54) is 12.1 Å². The van der Waals surface area contributed by atoms with Gasteiger partial charge in [0.25, 0.3) is 0 Å². The van der Waals surface area contributed by atoms with E-state index in [2.05, 4.69) is 0 Å². The highest BCUT2D eigenvalue weighted by molar-refractivity contribution is 5.47. The number of nitrogens with two attached hydrogens (primary N) is 2. The van der Waals surface area contributed by atoms with Crippen molar-refractivity contribution in [2.24, 2.45) is 5.73 Å². The lowest BCUT2D eigenvalue weighted by Gasteiger charge is -2.10. The lowest BCUT2D eigenvalue weighted by molar-refractivity contribution is 0.167. The minimum Gasteiger partial charge on any atom is -0.398 e. The highest BCUT2D eigenvalue weighted by Gasteiger charge is 2.07. The molecule has 0 aliphatic carbocycles. The molecular weight excluding hydrogens is 183 g/mol. The van der Waals surface area contributed by atoms with E-state index in [0.717, 1.165) is 5.56 Å². The van der Waals surface area contributed by atoms with Crippen molar-refractivity contribution in [2.75, 3.05) is 12.3 Å². The molecule has 0 saturated carbocycles. The molecule has 0 radical (unpaired) electrons. The van der Waals surface area contributed by atoms with Crippen LogP contribution in [-0.4, -0.2) is 17.8 Å². The highest BCUT2D eigenvalue weighted by atomic mass is 19.1. The molecule has 1 aromatic carbocycles. The minimum atomic E-state index is -0.507. The van der Waals surface area contributed by atoms with Gasteiger partial charge in [0.05, 0.1) is 6.10 Å². The molecule has 78 valence electrons. The molecule has 5 N–H and O–H groups in total. The van der Waals surface area contributed by atoms with Crippen LogP contribution in [0.5, 0.6) is 0 Å². The fraction of sp³-hybridized carbons (Fsp3) is 0.400. The first kappa shape index (κ1) is 10.9. The van der Waals surface area contributed by atoms with E-state index in [9.17, 15) is 9.50 Å². The van der Waals surface area contributed by atoms with Gasteiger partial charge in [-0.2, -0.15) is 0 Å². The minimum absolute atomic E-state index is 0.362. The summed E-state index contributed by atoms with van der Waals surface area (Å²) in [5, 5.41) is 9.47. The summed E-state index contributed by atoms with van der Waals surface area (Å²) in [4.78, 5) is 0. The van der Waals surface area contributed by atoms with Crippen molar-refractivity contribution in [3.63, 3.8) is 0 Å². The number of anilines is 1. The van der Waals surface area contributed by atoms with Crippen LogP contribution < -0.4 is 11.5 Å². The Kier molecular flexibility index (Phi) is 3.85. The second-order valence-electron chi connectivity index (χ2n) is 3.28. The van der Waals surface area contributed by atoms with Crippen LogP contribution in [0.1, 0.15) is 12.0 Å². The van der Waals surface area contributed by atoms with Crippen molar-refractivity contribution in [1.29, 1.82) is 0 Å². The van der Waals surface area contributed by atoms with Crippen LogP contribution in [0.25, 0.3) is 0 Å². The van der Waals surface area contributed by atoms with Gasteiger partial charge in [-0.05, 0) is 30.7 Å². The van der Waals surface area contributed by atoms with E-state index in [0.29, 0.717) is 25.1 Å². The molecule has 0 aliphatic rings. The molecule has 1 atom stereocenters. The Labute approximate surface area is 82.5 Å². The van der Waals surface area contributed by atoms with E-state index in [4.69, 9.17) is 11.5 Å². The SMILES string of the molecule is NCC[C@H](O)Cc1ccc(F)cc1N. The van der Waals surface area contributed by atoms with Crippen LogP contribution in [0, 0.1) is 5.82 Å². The Balaban J connectivity index is 2.67. The van der Waals surface area contributed by atoms with Crippen molar-refractivity contribution < 1.29 is 9.50 Å². The normalized spacial score (nSPS) is 12.8. The first-order valence-electron chi connectivity index (χ1n) is 4.55. The Morgan fingerprint density at radius 1 is 1.43 bits per heavy atom. The maximum atomic E-state index is 12.7. The van der Waals surface area contributed by atoms with Gasteiger partial charge in [-0.15, -0.1) is 0 Å². The van der Waals surface area contributed by atoms with E-state index < -0.39 is 6.10 Å². The molecule has 0 amide bonds. The zero-order chi connectivity index (χ0) is 10.6. The smallest absolute Gasteiger partial charge is 0.125 e. The molecule has 3 nitrogen and oxygen atoms in total. The van der Waals surface area contributed by atoms with E-state index in [-0.39, 0.29) is 5.82 Å². The van der Waals surface area contributed by atoms with Crippen molar-refractivity contribution in [1.82, 2.24) is 0 Å². The second kappa shape index (κ2) is 4.93. The topological polar surface area (TPSA) is 72.3 Å². The number of aliphatic hydroxyl groups is 1. The number of hydrogen-bond donors (Lipinski definition) is 3. The third-order valence-corrected chi connectivity index (χ3v) is 2.06. The zero-order valence-electron chi connectivity index (χ0n) is 7.91. The largest absolute Gasteiger partial charge is 0.398 e. The van der Waals surface area contributed by atoms with Crippen LogP contribution in [0.3, 0.4) is 0 Å². The maximum absolute atomic E-state index is 12.7. The zero-order valence-corrected chi connectivity index (χ0v) is 7.91. The van der Waals surface area contributed by atoms with Crippen molar-refractivity contribution >= 4 is 5.69 Å². The summed E-state index contributed by atoms with van der Waals surface area (Å²) in [6.45, 7) is 0.433. The summed E-state index contributed by atoms with van der Waals surface area (Å²) in [6.07, 6.45) is 0.438. The molecule has 1 aromatic rings. The number of nitrogen functional groups attached to an aromatic ring is 1. The quantitative estimate of drug-likeness (QED) is 0.622. The highest BCUT2D eigenvalue weighted by Crippen LogP contribution is 2.15. The molecule has 0 aromatic heterocycles. The number of rotatable bonds is 4. The van der Waals surface area contributed by atoms with Gasteiger partial charge in [-0.1, -0.05) is 6.07 Å². The Bertz CT molecular complexity index is 304. The Hall–Kier alpha value is -1.13. The van der Waals surface area contributed by atoms with Crippen molar-refractivity contribution in [3.8, 4) is 0 Å². The van der Waals surface area contributed by atoms with Gasteiger partial charge in [-0.3, -0.25) is 0 Å². The van der Waals surface area contributed by atoms with E-state index in [1.54, 1.807) is 6.07 Å². The summed E-state index contributed by atoms with van der Waals surface area (Å²) >= 11 is 0. The third kappa shape index (κ3) is 2.97. The molecular formula is C10H15FN2O. The van der Waals surface area contributed by atoms with E-state index in [1.807, 2.05) is 0 Å². The van der Waals surface area contributed by atoms with Crippen LogP contribution in [-0.2, 0) is 6.42 Å². The molecule has 0 fully saturated rings.